The standard InChI is InChI=1S/C19H15Cl2NO5/c1-24-15-7-10(8-16(25-2)17(15)26-3)6-14-19(23)27-18(22-14)12-5-4-11(20)9-13(12)21/h4-9H,1-3H3/b14-6-. The van der Waals surface area contributed by atoms with E-state index in [1.807, 2.05) is 0 Å². The van der Waals surface area contributed by atoms with Gasteiger partial charge in [0.1, 0.15) is 0 Å². The average molecular weight is 408 g/mol. The van der Waals surface area contributed by atoms with E-state index in [0.29, 0.717) is 38.4 Å². The first-order chi connectivity index (χ1) is 13.0. The molecular weight excluding hydrogens is 393 g/mol. The minimum absolute atomic E-state index is 0.111. The maximum Gasteiger partial charge on any atom is 0.363 e. The summed E-state index contributed by atoms with van der Waals surface area (Å²) < 4.78 is 21.1. The second kappa shape index (κ2) is 7.90. The van der Waals surface area contributed by atoms with Crippen molar-refractivity contribution in [2.75, 3.05) is 21.3 Å². The maximum atomic E-state index is 12.2. The number of carbonyl (C=O) groups excluding carboxylic acids is 1. The number of nitrogens with zero attached hydrogens (tertiary/aromatic N) is 1. The van der Waals surface area contributed by atoms with E-state index in [4.69, 9.17) is 42.1 Å². The summed E-state index contributed by atoms with van der Waals surface area (Å²) in [5, 5.41) is 0.810. The van der Waals surface area contributed by atoms with E-state index in [1.54, 1.807) is 36.4 Å². The van der Waals surface area contributed by atoms with Crippen LogP contribution in [0.25, 0.3) is 6.08 Å². The smallest absolute Gasteiger partial charge is 0.363 e. The van der Waals surface area contributed by atoms with Crippen LogP contribution in [-0.4, -0.2) is 33.2 Å². The van der Waals surface area contributed by atoms with E-state index in [9.17, 15) is 4.79 Å². The van der Waals surface area contributed by atoms with Gasteiger partial charge in [-0.1, -0.05) is 23.2 Å². The van der Waals surface area contributed by atoms with Crippen LogP contribution in [0.1, 0.15) is 11.1 Å². The molecule has 0 spiro atoms. The molecule has 27 heavy (non-hydrogen) atoms. The molecule has 0 saturated heterocycles. The molecule has 3 rings (SSSR count). The van der Waals surface area contributed by atoms with Crippen molar-refractivity contribution in [1.29, 1.82) is 0 Å². The fourth-order valence-corrected chi connectivity index (χ4v) is 3.02. The Kier molecular flexibility index (Phi) is 5.58. The SMILES string of the molecule is COc1cc(/C=C2\N=C(c3ccc(Cl)cc3Cl)OC2=O)cc(OC)c1OC. The van der Waals surface area contributed by atoms with Gasteiger partial charge in [0, 0.05) is 5.02 Å². The van der Waals surface area contributed by atoms with Crippen molar-refractivity contribution < 1.29 is 23.7 Å². The lowest BCUT2D eigenvalue weighted by Gasteiger charge is -2.12. The summed E-state index contributed by atoms with van der Waals surface area (Å²) in [6, 6.07) is 8.23. The lowest BCUT2D eigenvalue weighted by Crippen LogP contribution is -2.05. The molecular formula is C19H15Cl2NO5. The van der Waals surface area contributed by atoms with Crippen LogP contribution < -0.4 is 14.2 Å². The number of cyclic esters (lactones) is 1. The van der Waals surface area contributed by atoms with E-state index in [0.717, 1.165) is 0 Å². The minimum Gasteiger partial charge on any atom is -0.493 e. The van der Waals surface area contributed by atoms with Gasteiger partial charge in [0.05, 0.1) is 31.9 Å². The van der Waals surface area contributed by atoms with Crippen molar-refractivity contribution >= 4 is 41.1 Å². The molecule has 2 aromatic rings. The van der Waals surface area contributed by atoms with Crippen LogP contribution in [0.3, 0.4) is 0 Å². The van der Waals surface area contributed by atoms with E-state index in [2.05, 4.69) is 4.99 Å². The van der Waals surface area contributed by atoms with Crippen molar-refractivity contribution in [2.24, 2.45) is 4.99 Å². The number of hydrogen-bond acceptors (Lipinski definition) is 6. The number of ether oxygens (including phenoxy) is 4. The van der Waals surface area contributed by atoms with Crippen LogP contribution in [0.5, 0.6) is 17.2 Å². The Labute approximate surface area is 165 Å². The summed E-state index contributed by atoms with van der Waals surface area (Å²) in [7, 11) is 4.53. The quantitative estimate of drug-likeness (QED) is 0.543. The highest BCUT2D eigenvalue weighted by Crippen LogP contribution is 2.39. The molecule has 0 amide bonds. The van der Waals surface area contributed by atoms with Gasteiger partial charge in [0.15, 0.2) is 17.2 Å². The lowest BCUT2D eigenvalue weighted by molar-refractivity contribution is -0.129. The molecule has 0 N–H and O–H groups in total. The van der Waals surface area contributed by atoms with Gasteiger partial charge in [-0.15, -0.1) is 0 Å². The number of benzene rings is 2. The van der Waals surface area contributed by atoms with E-state index in [-0.39, 0.29) is 11.6 Å². The minimum atomic E-state index is -0.593. The Morgan fingerprint density at radius 3 is 2.22 bits per heavy atom. The van der Waals surface area contributed by atoms with Gasteiger partial charge in [-0.25, -0.2) is 9.79 Å². The maximum absolute atomic E-state index is 12.2. The molecule has 0 radical (unpaired) electrons. The molecule has 0 saturated carbocycles. The molecule has 1 aliphatic heterocycles. The number of halogens is 2. The molecule has 1 aliphatic rings. The molecule has 6 nitrogen and oxygen atoms in total. The second-order valence-corrected chi connectivity index (χ2v) is 6.26. The third-order valence-electron chi connectivity index (χ3n) is 3.77. The van der Waals surface area contributed by atoms with Crippen LogP contribution in [-0.2, 0) is 9.53 Å². The van der Waals surface area contributed by atoms with Crippen molar-refractivity contribution in [3.05, 3.63) is 57.2 Å². The predicted molar refractivity (Wildman–Crippen MR) is 103 cm³/mol. The number of rotatable bonds is 5. The summed E-state index contributed by atoms with van der Waals surface area (Å²) >= 11 is 12.0. The third-order valence-corrected chi connectivity index (χ3v) is 4.32. The number of esters is 1. The fraction of sp³-hybridized carbons (Fsp3) is 0.158. The van der Waals surface area contributed by atoms with Crippen LogP contribution in [0, 0.1) is 0 Å². The molecule has 140 valence electrons. The molecule has 8 heteroatoms. The van der Waals surface area contributed by atoms with E-state index >= 15 is 0 Å². The monoisotopic (exact) mass is 407 g/mol. The Morgan fingerprint density at radius 2 is 1.67 bits per heavy atom. The van der Waals surface area contributed by atoms with Crippen LogP contribution in [0.15, 0.2) is 41.0 Å². The van der Waals surface area contributed by atoms with Gasteiger partial charge in [-0.2, -0.15) is 0 Å². The first-order valence-corrected chi connectivity index (χ1v) is 8.50. The summed E-state index contributed by atoms with van der Waals surface area (Å²) in [6.07, 6.45) is 1.56. The van der Waals surface area contributed by atoms with Crippen LogP contribution >= 0.6 is 23.2 Å². The predicted octanol–water partition coefficient (Wildman–Crippen LogP) is 4.36. The highest BCUT2D eigenvalue weighted by atomic mass is 35.5. The number of carbonyl (C=O) groups is 1. The van der Waals surface area contributed by atoms with Gasteiger partial charge >= 0.3 is 5.97 Å². The Hall–Kier alpha value is -2.70. The van der Waals surface area contributed by atoms with Gasteiger partial charge in [0.25, 0.3) is 0 Å². The summed E-state index contributed by atoms with van der Waals surface area (Å²) in [4.78, 5) is 16.5. The lowest BCUT2D eigenvalue weighted by atomic mass is 10.1. The molecule has 1 heterocycles. The van der Waals surface area contributed by atoms with Gasteiger partial charge in [-0.05, 0) is 42.0 Å². The first-order valence-electron chi connectivity index (χ1n) is 7.74. The number of methoxy groups -OCH3 is 3. The Bertz CT molecular complexity index is 944. The van der Waals surface area contributed by atoms with Gasteiger partial charge < -0.3 is 18.9 Å². The molecule has 0 aliphatic carbocycles. The zero-order chi connectivity index (χ0) is 19.6. The summed E-state index contributed by atoms with van der Waals surface area (Å²) in [6.45, 7) is 0. The van der Waals surface area contributed by atoms with Crippen LogP contribution in [0.4, 0.5) is 0 Å². The number of hydrogen-bond donors (Lipinski definition) is 0. The zero-order valence-electron chi connectivity index (χ0n) is 14.7. The number of aliphatic imine (C=N–C) groups is 1. The van der Waals surface area contributed by atoms with Crippen molar-refractivity contribution in [3.63, 3.8) is 0 Å². The largest absolute Gasteiger partial charge is 0.493 e. The molecule has 0 fully saturated rings. The Morgan fingerprint density at radius 1 is 1.00 bits per heavy atom. The van der Waals surface area contributed by atoms with E-state index < -0.39 is 5.97 Å². The first kappa shape index (κ1) is 19.1. The highest BCUT2D eigenvalue weighted by molar-refractivity contribution is 6.37. The highest BCUT2D eigenvalue weighted by Gasteiger charge is 2.26. The fourth-order valence-electron chi connectivity index (χ4n) is 2.53. The third kappa shape index (κ3) is 3.86. The van der Waals surface area contributed by atoms with Crippen molar-refractivity contribution in [1.82, 2.24) is 0 Å². The molecule has 0 aromatic heterocycles. The normalized spacial score (nSPS) is 14.8. The zero-order valence-corrected chi connectivity index (χ0v) is 16.2. The summed E-state index contributed by atoms with van der Waals surface area (Å²) in [5.74, 6) is 0.887. The van der Waals surface area contributed by atoms with Gasteiger partial charge in [0.2, 0.25) is 11.6 Å². The molecule has 0 bridgehead atoms. The Balaban J connectivity index is 2.02. The van der Waals surface area contributed by atoms with E-state index in [1.165, 1.54) is 21.3 Å². The molecule has 0 unspecified atom stereocenters. The van der Waals surface area contributed by atoms with Crippen LogP contribution in [0.2, 0.25) is 10.0 Å². The average Bonchev–Trinajstić information content (AvgIpc) is 3.00. The molecule has 2 aromatic carbocycles. The van der Waals surface area contributed by atoms with Gasteiger partial charge in [-0.3, -0.25) is 0 Å². The van der Waals surface area contributed by atoms with Crippen molar-refractivity contribution in [3.8, 4) is 17.2 Å². The van der Waals surface area contributed by atoms with Crippen molar-refractivity contribution in [2.45, 2.75) is 0 Å². The molecule has 0 atom stereocenters. The summed E-state index contributed by atoms with van der Waals surface area (Å²) in [5.41, 5.74) is 1.22. The second-order valence-electron chi connectivity index (χ2n) is 5.42. The topological polar surface area (TPSA) is 66.4 Å².